The molecule has 30 heavy (non-hydrogen) atoms. The topological polar surface area (TPSA) is 64.4 Å². The molecule has 1 N–H and O–H groups in total. The third-order valence-electron chi connectivity index (χ3n) is 4.81. The van der Waals surface area contributed by atoms with E-state index >= 15 is 0 Å². The maximum absolute atomic E-state index is 14.7. The number of rotatable bonds is 7. The van der Waals surface area contributed by atoms with E-state index in [1.807, 2.05) is 0 Å². The van der Waals surface area contributed by atoms with Gasteiger partial charge in [-0.05, 0) is 48.4 Å². The van der Waals surface area contributed by atoms with Crippen LogP contribution >= 0.6 is 0 Å². The molecule has 0 aliphatic rings. The quantitative estimate of drug-likeness (QED) is 0.410. The smallest absolute Gasteiger partial charge is 0.269 e. The Labute approximate surface area is 171 Å². The molecule has 3 aromatic carbocycles. The summed E-state index contributed by atoms with van der Waals surface area (Å²) in [6.45, 7) is 1.71. The van der Waals surface area contributed by atoms with E-state index in [1.54, 1.807) is 31.2 Å². The summed E-state index contributed by atoms with van der Waals surface area (Å²) in [6, 6.07) is 12.2. The highest BCUT2D eigenvalue weighted by Crippen LogP contribution is 2.31. The summed E-state index contributed by atoms with van der Waals surface area (Å²) in [7, 11) is 1.51. The van der Waals surface area contributed by atoms with E-state index < -0.39 is 34.5 Å². The van der Waals surface area contributed by atoms with Crippen molar-refractivity contribution >= 4 is 5.69 Å². The Morgan fingerprint density at radius 3 is 2.13 bits per heavy atom. The number of nitrogens with zero attached hydrogens (tertiary/aromatic N) is 1. The van der Waals surface area contributed by atoms with E-state index in [0.29, 0.717) is 16.9 Å². The first kappa shape index (κ1) is 21.3. The Morgan fingerprint density at radius 1 is 0.900 bits per heavy atom. The fraction of sp³-hybridized carbons (Fsp3) is 0.182. The number of nitrogens with one attached hydrogen (secondary N) is 1. The molecule has 3 rings (SSSR count). The van der Waals surface area contributed by atoms with Gasteiger partial charge in [0.25, 0.3) is 5.69 Å². The highest BCUT2D eigenvalue weighted by atomic mass is 19.2. The van der Waals surface area contributed by atoms with Gasteiger partial charge in [0, 0.05) is 23.7 Å². The molecule has 156 valence electrons. The maximum atomic E-state index is 14.7. The minimum Gasteiger partial charge on any atom is -0.497 e. The fourth-order valence-corrected chi connectivity index (χ4v) is 3.16. The number of nitro benzene ring substituents is 1. The van der Waals surface area contributed by atoms with E-state index in [4.69, 9.17) is 4.74 Å². The van der Waals surface area contributed by atoms with Gasteiger partial charge in [0.05, 0.1) is 18.1 Å². The third kappa shape index (κ3) is 4.60. The van der Waals surface area contributed by atoms with Gasteiger partial charge in [-0.25, -0.2) is 13.2 Å². The van der Waals surface area contributed by atoms with Crippen molar-refractivity contribution in [3.8, 4) is 5.75 Å². The minimum absolute atomic E-state index is 0.0591. The zero-order valence-electron chi connectivity index (χ0n) is 16.2. The van der Waals surface area contributed by atoms with Crippen molar-refractivity contribution in [3.05, 3.63) is 105 Å². The molecule has 2 unspecified atom stereocenters. The first-order chi connectivity index (χ1) is 14.3. The van der Waals surface area contributed by atoms with Gasteiger partial charge < -0.3 is 4.74 Å². The van der Waals surface area contributed by atoms with Gasteiger partial charge >= 0.3 is 0 Å². The van der Waals surface area contributed by atoms with Gasteiger partial charge in [-0.1, -0.05) is 18.2 Å². The van der Waals surface area contributed by atoms with Crippen LogP contribution < -0.4 is 10.1 Å². The van der Waals surface area contributed by atoms with Crippen molar-refractivity contribution < 1.29 is 22.8 Å². The van der Waals surface area contributed by atoms with Crippen LogP contribution in [0.4, 0.5) is 18.9 Å². The predicted octanol–water partition coefficient (Wildman–Crippen LogP) is 5.46. The minimum atomic E-state index is -0.997. The number of ether oxygens (including phenoxy) is 1. The molecule has 0 saturated heterocycles. The van der Waals surface area contributed by atoms with E-state index in [-0.39, 0.29) is 11.3 Å². The highest BCUT2D eigenvalue weighted by Gasteiger charge is 2.24. The zero-order valence-corrected chi connectivity index (χ0v) is 16.2. The van der Waals surface area contributed by atoms with E-state index in [2.05, 4.69) is 5.32 Å². The van der Waals surface area contributed by atoms with Crippen LogP contribution in [0.15, 0.2) is 60.7 Å². The van der Waals surface area contributed by atoms with Crippen molar-refractivity contribution in [2.45, 2.75) is 19.0 Å². The molecule has 0 radical (unpaired) electrons. The van der Waals surface area contributed by atoms with Crippen molar-refractivity contribution in [3.63, 3.8) is 0 Å². The monoisotopic (exact) mass is 416 g/mol. The van der Waals surface area contributed by atoms with Crippen LogP contribution in [0.5, 0.6) is 5.75 Å². The van der Waals surface area contributed by atoms with Gasteiger partial charge in [-0.15, -0.1) is 0 Å². The molecule has 0 fully saturated rings. The van der Waals surface area contributed by atoms with Crippen molar-refractivity contribution in [1.29, 1.82) is 0 Å². The van der Waals surface area contributed by atoms with E-state index in [1.165, 1.54) is 13.2 Å². The third-order valence-corrected chi connectivity index (χ3v) is 4.81. The molecular weight excluding hydrogens is 397 g/mol. The lowest BCUT2D eigenvalue weighted by atomic mass is 9.95. The molecule has 0 aliphatic heterocycles. The number of hydrogen-bond acceptors (Lipinski definition) is 4. The second kappa shape index (κ2) is 8.96. The number of hydrogen-bond donors (Lipinski definition) is 1. The van der Waals surface area contributed by atoms with Gasteiger partial charge in [0.1, 0.15) is 11.6 Å². The van der Waals surface area contributed by atoms with Crippen LogP contribution in [0.25, 0.3) is 0 Å². The van der Waals surface area contributed by atoms with Gasteiger partial charge in [0.15, 0.2) is 11.6 Å². The second-order valence-corrected chi connectivity index (χ2v) is 6.73. The Bertz CT molecular complexity index is 1060. The van der Waals surface area contributed by atoms with Crippen molar-refractivity contribution in [2.24, 2.45) is 0 Å². The first-order valence-corrected chi connectivity index (χ1v) is 9.09. The summed E-state index contributed by atoms with van der Waals surface area (Å²) < 4.78 is 46.8. The van der Waals surface area contributed by atoms with Crippen LogP contribution in [0.1, 0.15) is 35.7 Å². The summed E-state index contributed by atoms with van der Waals surface area (Å²) in [4.78, 5) is 10.6. The molecule has 3 aromatic rings. The number of non-ortho nitro benzene ring substituents is 1. The number of methoxy groups -OCH3 is 1. The summed E-state index contributed by atoms with van der Waals surface area (Å²) in [6.07, 6.45) is 0. The van der Waals surface area contributed by atoms with Gasteiger partial charge in [0.2, 0.25) is 0 Å². The van der Waals surface area contributed by atoms with E-state index in [9.17, 15) is 23.3 Å². The Kier molecular flexibility index (Phi) is 6.37. The van der Waals surface area contributed by atoms with E-state index in [0.717, 1.165) is 30.3 Å². The number of halogens is 3. The largest absolute Gasteiger partial charge is 0.497 e. The molecule has 0 saturated carbocycles. The lowest BCUT2D eigenvalue weighted by Crippen LogP contribution is -2.26. The normalized spacial score (nSPS) is 13.0. The molecule has 0 heterocycles. The summed E-state index contributed by atoms with van der Waals surface area (Å²) in [5.74, 6) is -2.01. The van der Waals surface area contributed by atoms with Crippen LogP contribution in [0.3, 0.4) is 0 Å². The van der Waals surface area contributed by atoms with Crippen LogP contribution in [0.2, 0.25) is 0 Å². The lowest BCUT2D eigenvalue weighted by molar-refractivity contribution is -0.385. The second-order valence-electron chi connectivity index (χ2n) is 6.73. The number of nitro groups is 1. The van der Waals surface area contributed by atoms with Gasteiger partial charge in [-0.2, -0.15) is 0 Å². The highest BCUT2D eigenvalue weighted by molar-refractivity contribution is 5.42. The Balaban J connectivity index is 2.04. The lowest BCUT2D eigenvalue weighted by Gasteiger charge is -2.25. The summed E-state index contributed by atoms with van der Waals surface area (Å²) >= 11 is 0. The average Bonchev–Trinajstić information content (AvgIpc) is 2.74. The van der Waals surface area contributed by atoms with Crippen LogP contribution in [-0.4, -0.2) is 12.0 Å². The van der Waals surface area contributed by atoms with Crippen molar-refractivity contribution in [1.82, 2.24) is 5.32 Å². The Morgan fingerprint density at radius 2 is 1.53 bits per heavy atom. The Hall–Kier alpha value is -3.39. The summed E-state index contributed by atoms with van der Waals surface area (Å²) in [5.41, 5.74) is 0.860. The van der Waals surface area contributed by atoms with Crippen LogP contribution in [-0.2, 0) is 0 Å². The first-order valence-electron chi connectivity index (χ1n) is 9.09. The standard InChI is InChI=1S/C22H19F3N2O3/c1-13(15-5-9-20(24)21(25)11-15)26-22(14-3-7-17(30-2)8-4-14)18-12-16(27(28)29)6-10-19(18)23/h3-13,22,26H,1-2H3. The molecule has 8 heteroatoms. The molecule has 2 atom stereocenters. The SMILES string of the molecule is COc1ccc(C(NC(C)c2ccc(F)c(F)c2)c2cc([N+](=O)[O-])ccc2F)cc1. The molecule has 0 aliphatic carbocycles. The molecule has 5 nitrogen and oxygen atoms in total. The molecular formula is C22H19F3N2O3. The number of benzene rings is 3. The molecule has 0 amide bonds. The van der Waals surface area contributed by atoms with Crippen molar-refractivity contribution in [2.75, 3.05) is 7.11 Å². The maximum Gasteiger partial charge on any atom is 0.269 e. The predicted molar refractivity (Wildman–Crippen MR) is 106 cm³/mol. The summed E-state index contributed by atoms with van der Waals surface area (Å²) in [5, 5.41) is 14.4. The zero-order chi connectivity index (χ0) is 21.8. The molecule has 0 aromatic heterocycles. The fourth-order valence-electron chi connectivity index (χ4n) is 3.16. The average molecular weight is 416 g/mol. The molecule has 0 bridgehead atoms. The van der Waals surface area contributed by atoms with Crippen LogP contribution in [0, 0.1) is 27.6 Å². The van der Waals surface area contributed by atoms with Gasteiger partial charge in [-0.3, -0.25) is 15.4 Å². The molecule has 0 spiro atoms.